The Morgan fingerprint density at radius 1 is 1.21 bits per heavy atom. The van der Waals surface area contributed by atoms with E-state index in [4.69, 9.17) is 13.9 Å². The number of ether oxygens (including phenoxy) is 2. The summed E-state index contributed by atoms with van der Waals surface area (Å²) in [5, 5.41) is 8.48. The van der Waals surface area contributed by atoms with E-state index in [9.17, 15) is 4.39 Å². The van der Waals surface area contributed by atoms with Gasteiger partial charge in [0.25, 0.3) is 0 Å². The predicted molar refractivity (Wildman–Crippen MR) is 150 cm³/mol. The normalized spacial score (nSPS) is 24.4. The number of rotatable bonds is 7. The van der Waals surface area contributed by atoms with Crippen molar-refractivity contribution in [1.82, 2.24) is 15.1 Å². The second-order valence-electron chi connectivity index (χ2n) is 11.0. The molecule has 1 aliphatic heterocycles. The number of aromatic nitrogens is 2. The molecule has 1 spiro atoms. The molecule has 1 saturated heterocycles. The van der Waals surface area contributed by atoms with E-state index in [-0.39, 0.29) is 22.9 Å². The minimum absolute atomic E-state index is 0.0996. The molecule has 5 rings (SSSR count). The lowest BCUT2D eigenvalue weighted by Gasteiger charge is -2.46. The van der Waals surface area contributed by atoms with Gasteiger partial charge in [-0.3, -0.25) is 4.90 Å². The van der Waals surface area contributed by atoms with E-state index in [1.54, 1.807) is 18.2 Å². The molecule has 1 aliphatic carbocycles. The first kappa shape index (κ1) is 27.0. The van der Waals surface area contributed by atoms with Crippen molar-refractivity contribution in [2.45, 2.75) is 57.8 Å². The molecule has 2 aliphatic rings. The summed E-state index contributed by atoms with van der Waals surface area (Å²) in [5.41, 5.74) is 3.40. The van der Waals surface area contributed by atoms with Crippen LogP contribution >= 0.6 is 0 Å². The molecule has 3 aromatic rings. The van der Waals surface area contributed by atoms with Crippen molar-refractivity contribution in [3.63, 3.8) is 0 Å². The van der Waals surface area contributed by atoms with Crippen molar-refractivity contribution in [3.8, 4) is 17.2 Å². The molecule has 0 N–H and O–H groups in total. The van der Waals surface area contributed by atoms with Gasteiger partial charge < -0.3 is 13.9 Å². The minimum Gasteiger partial charge on any atom is -0.494 e. The van der Waals surface area contributed by atoms with Gasteiger partial charge in [0.1, 0.15) is 5.72 Å². The Morgan fingerprint density at radius 3 is 2.72 bits per heavy atom. The van der Waals surface area contributed by atoms with Crippen LogP contribution in [0.25, 0.3) is 17.0 Å². The lowest BCUT2D eigenvalue weighted by Crippen LogP contribution is -2.54. The highest BCUT2D eigenvalue weighted by Crippen LogP contribution is 2.48. The zero-order chi connectivity index (χ0) is 27.6. The second kappa shape index (κ2) is 10.9. The quantitative estimate of drug-likeness (QED) is 0.302. The molecule has 204 valence electrons. The molecule has 2 atom stereocenters. The SMILES string of the molecule is C=C/C=C(\C=C1\C[C@@]2(CCC1C)COC(C)(C)N2Cc1ccccc1)c1nnc(-c2ccc(OC)c(F)c2)o1. The van der Waals surface area contributed by atoms with Gasteiger partial charge in [0.2, 0.25) is 11.8 Å². The summed E-state index contributed by atoms with van der Waals surface area (Å²) in [5.74, 6) is 0.680. The number of methoxy groups -OCH3 is 1. The molecule has 1 saturated carbocycles. The third-order valence-corrected chi connectivity index (χ3v) is 8.02. The maximum absolute atomic E-state index is 14.3. The zero-order valence-corrected chi connectivity index (χ0v) is 23.1. The topological polar surface area (TPSA) is 60.6 Å². The standard InChI is InChI=1S/C32H36FN3O3/c1-6-10-24(29-34-35-30(39-29)25-13-14-28(37-5)27(33)18-25)17-26-19-32(16-15-22(26)2)21-38-31(3,4)36(32)20-23-11-8-7-9-12-23/h6-14,17-18,22H,1,15-16,19-21H2,2-5H3/b24-10+,26-17-/t22?,32-/m0/s1. The summed E-state index contributed by atoms with van der Waals surface area (Å²) < 4.78 is 31.7. The molecular formula is C32H36FN3O3. The summed E-state index contributed by atoms with van der Waals surface area (Å²) in [6.07, 6.45) is 8.75. The summed E-state index contributed by atoms with van der Waals surface area (Å²) in [7, 11) is 1.43. The predicted octanol–water partition coefficient (Wildman–Crippen LogP) is 7.21. The van der Waals surface area contributed by atoms with E-state index in [1.807, 2.05) is 6.08 Å². The Kier molecular flexibility index (Phi) is 7.56. The lowest BCUT2D eigenvalue weighted by atomic mass is 9.72. The fourth-order valence-corrected chi connectivity index (χ4v) is 5.79. The van der Waals surface area contributed by atoms with Gasteiger partial charge in [-0.1, -0.05) is 61.6 Å². The molecular weight excluding hydrogens is 493 g/mol. The first-order valence-corrected chi connectivity index (χ1v) is 13.4. The number of benzene rings is 2. The second-order valence-corrected chi connectivity index (χ2v) is 11.0. The molecule has 2 heterocycles. The summed E-state index contributed by atoms with van der Waals surface area (Å²) in [4.78, 5) is 2.54. The summed E-state index contributed by atoms with van der Waals surface area (Å²) in [6.45, 7) is 12.0. The smallest absolute Gasteiger partial charge is 0.248 e. The van der Waals surface area contributed by atoms with Crippen LogP contribution in [-0.2, 0) is 11.3 Å². The van der Waals surface area contributed by atoms with E-state index >= 15 is 0 Å². The monoisotopic (exact) mass is 529 g/mol. The van der Waals surface area contributed by atoms with Crippen LogP contribution < -0.4 is 4.74 Å². The van der Waals surface area contributed by atoms with Crippen LogP contribution in [0.4, 0.5) is 4.39 Å². The minimum atomic E-state index is -0.484. The van der Waals surface area contributed by atoms with Crippen LogP contribution in [-0.4, -0.2) is 40.1 Å². The Morgan fingerprint density at radius 2 is 2.00 bits per heavy atom. The van der Waals surface area contributed by atoms with Crippen LogP contribution in [0.5, 0.6) is 5.75 Å². The molecule has 1 unspecified atom stereocenters. The first-order valence-electron chi connectivity index (χ1n) is 13.4. The van der Waals surface area contributed by atoms with Crippen molar-refractivity contribution in [2.24, 2.45) is 5.92 Å². The van der Waals surface area contributed by atoms with Gasteiger partial charge in [-0.2, -0.15) is 0 Å². The van der Waals surface area contributed by atoms with Crippen LogP contribution in [0.2, 0.25) is 0 Å². The van der Waals surface area contributed by atoms with Crippen LogP contribution in [0, 0.1) is 11.7 Å². The van der Waals surface area contributed by atoms with E-state index in [0.29, 0.717) is 24.0 Å². The van der Waals surface area contributed by atoms with Gasteiger partial charge in [0.15, 0.2) is 11.6 Å². The largest absolute Gasteiger partial charge is 0.494 e. The van der Waals surface area contributed by atoms with Crippen molar-refractivity contribution in [1.29, 1.82) is 0 Å². The van der Waals surface area contributed by atoms with Gasteiger partial charge >= 0.3 is 0 Å². The van der Waals surface area contributed by atoms with Crippen molar-refractivity contribution < 1.29 is 18.3 Å². The molecule has 1 aromatic heterocycles. The third kappa shape index (κ3) is 5.47. The van der Waals surface area contributed by atoms with Crippen molar-refractivity contribution >= 4 is 5.57 Å². The van der Waals surface area contributed by atoms with Crippen molar-refractivity contribution in [2.75, 3.05) is 13.7 Å². The Hall–Kier alpha value is -3.55. The maximum Gasteiger partial charge on any atom is 0.248 e. The summed E-state index contributed by atoms with van der Waals surface area (Å²) >= 11 is 0. The van der Waals surface area contributed by atoms with E-state index in [2.05, 4.69) is 78.9 Å². The summed E-state index contributed by atoms with van der Waals surface area (Å²) in [6, 6.07) is 15.2. The van der Waals surface area contributed by atoms with Gasteiger partial charge in [-0.05, 0) is 68.9 Å². The lowest BCUT2D eigenvalue weighted by molar-refractivity contribution is -0.0685. The maximum atomic E-state index is 14.3. The highest BCUT2D eigenvalue weighted by molar-refractivity contribution is 5.71. The van der Waals surface area contributed by atoms with Gasteiger partial charge in [0, 0.05) is 17.7 Å². The third-order valence-electron chi connectivity index (χ3n) is 8.02. The fourth-order valence-electron chi connectivity index (χ4n) is 5.79. The highest BCUT2D eigenvalue weighted by atomic mass is 19.1. The molecule has 2 aromatic carbocycles. The molecule has 6 nitrogen and oxygen atoms in total. The van der Waals surface area contributed by atoms with Gasteiger partial charge in [-0.15, -0.1) is 10.2 Å². The average molecular weight is 530 g/mol. The molecule has 0 bridgehead atoms. The Labute approximate surface area is 229 Å². The number of allylic oxidation sites excluding steroid dienone is 4. The highest BCUT2D eigenvalue weighted by Gasteiger charge is 2.53. The van der Waals surface area contributed by atoms with E-state index in [0.717, 1.165) is 31.4 Å². The van der Waals surface area contributed by atoms with E-state index in [1.165, 1.54) is 24.3 Å². The molecule has 0 amide bonds. The molecule has 7 heteroatoms. The number of hydrogen-bond acceptors (Lipinski definition) is 6. The fraction of sp³-hybridized carbons (Fsp3) is 0.375. The van der Waals surface area contributed by atoms with Gasteiger partial charge in [-0.25, -0.2) is 4.39 Å². The Balaban J connectivity index is 1.44. The number of nitrogens with zero attached hydrogens (tertiary/aromatic N) is 3. The number of hydrogen-bond donors (Lipinski definition) is 0. The Bertz CT molecular complexity index is 1390. The molecule has 0 radical (unpaired) electrons. The number of halogens is 1. The van der Waals surface area contributed by atoms with E-state index < -0.39 is 5.82 Å². The molecule has 39 heavy (non-hydrogen) atoms. The van der Waals surface area contributed by atoms with Crippen LogP contribution in [0.15, 0.2) is 83.3 Å². The zero-order valence-electron chi connectivity index (χ0n) is 23.1. The first-order chi connectivity index (χ1) is 18.7. The van der Waals surface area contributed by atoms with Crippen molar-refractivity contribution in [3.05, 3.63) is 96.2 Å². The van der Waals surface area contributed by atoms with Crippen LogP contribution in [0.1, 0.15) is 51.5 Å². The average Bonchev–Trinajstić information content (AvgIpc) is 3.51. The van der Waals surface area contributed by atoms with Gasteiger partial charge in [0.05, 0.1) is 19.3 Å². The van der Waals surface area contributed by atoms with Crippen LogP contribution in [0.3, 0.4) is 0 Å². The molecule has 2 fully saturated rings.